The third-order valence-electron chi connectivity index (χ3n) is 15.4. The standard InChI is InChI=1S/C75H132O6/c1-4-7-10-13-16-19-22-25-28-31-33-35-36-37-38-40-41-44-47-50-53-56-59-62-65-68-74(77)80-71-72(70-79-73(76)67-64-61-58-55-52-49-46-43-30-27-24-21-18-15-12-9-6-3)81-75(78)69-66-63-60-57-54-51-48-45-42-39-34-32-29-26-23-20-17-14-11-8-5-2/h8,11,17,20,22,25-27,29-31,33-34,39,72H,4-7,9-10,12-16,18-19,21,23-24,28,32,35-38,40-71H2,1-3H3/b11-8-,20-17-,25-22-,29-26-,30-27-,33-31-,39-34-. The van der Waals surface area contributed by atoms with Crippen molar-refractivity contribution in [1.29, 1.82) is 0 Å². The Kier molecular flexibility index (Phi) is 66.2. The molecule has 0 aromatic heterocycles. The second-order valence-corrected chi connectivity index (χ2v) is 23.4. The van der Waals surface area contributed by atoms with Crippen LogP contribution in [-0.4, -0.2) is 37.2 Å². The highest BCUT2D eigenvalue weighted by atomic mass is 16.6. The van der Waals surface area contributed by atoms with Crippen molar-refractivity contribution in [1.82, 2.24) is 0 Å². The predicted octanol–water partition coefficient (Wildman–Crippen LogP) is 24.2. The Hall–Kier alpha value is -3.41. The van der Waals surface area contributed by atoms with Crippen LogP contribution in [0.1, 0.15) is 355 Å². The van der Waals surface area contributed by atoms with Crippen molar-refractivity contribution >= 4 is 17.9 Å². The van der Waals surface area contributed by atoms with Gasteiger partial charge in [-0.3, -0.25) is 14.4 Å². The van der Waals surface area contributed by atoms with E-state index in [1.54, 1.807) is 0 Å². The highest BCUT2D eigenvalue weighted by Gasteiger charge is 2.19. The number of carbonyl (C=O) groups is 3. The third-order valence-corrected chi connectivity index (χ3v) is 15.4. The van der Waals surface area contributed by atoms with Crippen molar-refractivity contribution in [3.8, 4) is 0 Å². The molecular formula is C75H132O6. The van der Waals surface area contributed by atoms with Crippen LogP contribution in [0, 0.1) is 0 Å². The molecule has 0 bridgehead atoms. The highest BCUT2D eigenvalue weighted by molar-refractivity contribution is 5.71. The normalized spacial score (nSPS) is 12.6. The third kappa shape index (κ3) is 67.3. The Morgan fingerprint density at radius 3 is 0.765 bits per heavy atom. The number of hydrogen-bond acceptors (Lipinski definition) is 6. The average Bonchev–Trinajstić information content (AvgIpc) is 3.47. The van der Waals surface area contributed by atoms with Gasteiger partial charge in [-0.05, 0) is 116 Å². The van der Waals surface area contributed by atoms with Crippen LogP contribution in [0.5, 0.6) is 0 Å². The summed E-state index contributed by atoms with van der Waals surface area (Å²) in [6.45, 7) is 6.55. The van der Waals surface area contributed by atoms with Crippen LogP contribution in [0.2, 0.25) is 0 Å². The van der Waals surface area contributed by atoms with Gasteiger partial charge < -0.3 is 14.2 Å². The molecule has 0 radical (unpaired) electrons. The zero-order chi connectivity index (χ0) is 58.5. The van der Waals surface area contributed by atoms with E-state index in [0.29, 0.717) is 19.3 Å². The van der Waals surface area contributed by atoms with Crippen molar-refractivity contribution in [2.75, 3.05) is 13.2 Å². The maximum atomic E-state index is 13.0. The second kappa shape index (κ2) is 69.1. The van der Waals surface area contributed by atoms with Gasteiger partial charge in [0.1, 0.15) is 13.2 Å². The van der Waals surface area contributed by atoms with Crippen LogP contribution >= 0.6 is 0 Å². The largest absolute Gasteiger partial charge is 0.462 e. The van der Waals surface area contributed by atoms with Crippen molar-refractivity contribution in [2.24, 2.45) is 0 Å². The van der Waals surface area contributed by atoms with Gasteiger partial charge in [-0.1, -0.05) is 305 Å². The minimum absolute atomic E-state index is 0.0795. The SMILES string of the molecule is CC/C=C\C/C=C\C/C=C\C/C=C\CCCCCCCCCCC(=O)OC(COC(=O)CCCCCCCCC/C=C\CCCCCCCC)COC(=O)CCCCCCCCCCCCCCC/C=C\C/C=C\CCCCCCC. The van der Waals surface area contributed by atoms with Crippen molar-refractivity contribution in [3.05, 3.63) is 85.1 Å². The van der Waals surface area contributed by atoms with Gasteiger partial charge in [0.15, 0.2) is 6.10 Å². The van der Waals surface area contributed by atoms with Gasteiger partial charge in [-0.15, -0.1) is 0 Å². The van der Waals surface area contributed by atoms with E-state index in [1.807, 2.05) is 0 Å². The van der Waals surface area contributed by atoms with E-state index in [9.17, 15) is 14.4 Å². The molecule has 1 atom stereocenters. The summed E-state index contributed by atoms with van der Waals surface area (Å²) >= 11 is 0. The lowest BCUT2D eigenvalue weighted by molar-refractivity contribution is -0.167. The summed E-state index contributed by atoms with van der Waals surface area (Å²) in [4.78, 5) is 38.5. The van der Waals surface area contributed by atoms with E-state index < -0.39 is 6.10 Å². The first-order chi connectivity index (χ1) is 40.0. The molecule has 1 unspecified atom stereocenters. The summed E-state index contributed by atoms with van der Waals surface area (Å²) in [6, 6.07) is 0. The number of unbranched alkanes of at least 4 members (excludes halogenated alkanes) is 39. The lowest BCUT2D eigenvalue weighted by atomic mass is 10.0. The molecule has 0 aliphatic heterocycles. The minimum atomic E-state index is -0.785. The molecule has 0 aromatic carbocycles. The molecular weight excluding hydrogens is 997 g/mol. The molecule has 0 aliphatic carbocycles. The van der Waals surface area contributed by atoms with E-state index in [-0.39, 0.29) is 31.1 Å². The van der Waals surface area contributed by atoms with Gasteiger partial charge in [0, 0.05) is 19.3 Å². The van der Waals surface area contributed by atoms with Gasteiger partial charge >= 0.3 is 17.9 Å². The van der Waals surface area contributed by atoms with Crippen LogP contribution < -0.4 is 0 Å². The number of allylic oxidation sites excluding steroid dienone is 14. The maximum Gasteiger partial charge on any atom is 0.306 e. The molecule has 468 valence electrons. The lowest BCUT2D eigenvalue weighted by Gasteiger charge is -2.18. The molecule has 0 aromatic rings. The number of rotatable bonds is 64. The zero-order valence-electron chi connectivity index (χ0n) is 53.8. The number of ether oxygens (including phenoxy) is 3. The van der Waals surface area contributed by atoms with Gasteiger partial charge in [0.2, 0.25) is 0 Å². The van der Waals surface area contributed by atoms with E-state index in [4.69, 9.17) is 14.2 Å². The Balaban J connectivity index is 4.35. The fourth-order valence-electron chi connectivity index (χ4n) is 10.1. The molecule has 0 fully saturated rings. The first kappa shape index (κ1) is 77.6. The monoisotopic (exact) mass is 1130 g/mol. The first-order valence-corrected chi connectivity index (χ1v) is 35.1. The van der Waals surface area contributed by atoms with Gasteiger partial charge in [-0.2, -0.15) is 0 Å². The average molecular weight is 1130 g/mol. The van der Waals surface area contributed by atoms with Crippen molar-refractivity contribution in [3.63, 3.8) is 0 Å². The summed E-state index contributed by atoms with van der Waals surface area (Å²) in [5.41, 5.74) is 0. The summed E-state index contributed by atoms with van der Waals surface area (Å²) in [5.74, 6) is -0.875. The smallest absolute Gasteiger partial charge is 0.306 e. The first-order valence-electron chi connectivity index (χ1n) is 35.1. The second-order valence-electron chi connectivity index (χ2n) is 23.4. The van der Waals surface area contributed by atoms with Crippen molar-refractivity contribution < 1.29 is 28.6 Å². The molecule has 0 N–H and O–H groups in total. The molecule has 0 spiro atoms. The molecule has 0 saturated carbocycles. The minimum Gasteiger partial charge on any atom is -0.462 e. The van der Waals surface area contributed by atoms with E-state index in [0.717, 1.165) is 96.3 Å². The Morgan fingerprint density at radius 2 is 0.481 bits per heavy atom. The maximum absolute atomic E-state index is 13.0. The van der Waals surface area contributed by atoms with Gasteiger partial charge in [-0.25, -0.2) is 0 Å². The molecule has 81 heavy (non-hydrogen) atoms. The molecule has 0 amide bonds. The topological polar surface area (TPSA) is 78.9 Å². The van der Waals surface area contributed by atoms with Crippen molar-refractivity contribution in [2.45, 2.75) is 361 Å². The molecule has 6 nitrogen and oxygen atoms in total. The molecule has 0 heterocycles. The summed E-state index contributed by atoms with van der Waals surface area (Å²) < 4.78 is 17.0. The Morgan fingerprint density at radius 1 is 0.259 bits per heavy atom. The van der Waals surface area contributed by atoms with Crippen LogP contribution in [0.25, 0.3) is 0 Å². The van der Waals surface area contributed by atoms with Crippen LogP contribution in [-0.2, 0) is 28.6 Å². The number of hydrogen-bond donors (Lipinski definition) is 0. The Labute approximate surface area is 503 Å². The lowest BCUT2D eigenvalue weighted by Crippen LogP contribution is -2.30. The van der Waals surface area contributed by atoms with Crippen LogP contribution in [0.3, 0.4) is 0 Å². The predicted molar refractivity (Wildman–Crippen MR) is 353 cm³/mol. The fraction of sp³-hybridized carbons (Fsp3) is 0.773. The molecule has 0 aliphatic rings. The van der Waals surface area contributed by atoms with E-state index in [1.165, 1.54) is 218 Å². The zero-order valence-corrected chi connectivity index (χ0v) is 53.8. The van der Waals surface area contributed by atoms with E-state index >= 15 is 0 Å². The Bertz CT molecular complexity index is 1530. The van der Waals surface area contributed by atoms with Gasteiger partial charge in [0.25, 0.3) is 0 Å². The summed E-state index contributed by atoms with van der Waals surface area (Å²) in [7, 11) is 0. The van der Waals surface area contributed by atoms with E-state index in [2.05, 4.69) is 106 Å². The molecule has 6 heteroatoms. The van der Waals surface area contributed by atoms with Crippen LogP contribution in [0.4, 0.5) is 0 Å². The molecule has 0 saturated heterocycles. The summed E-state index contributed by atoms with van der Waals surface area (Å²) in [6.07, 6.45) is 91.7. The highest BCUT2D eigenvalue weighted by Crippen LogP contribution is 2.17. The summed E-state index contributed by atoms with van der Waals surface area (Å²) in [5, 5.41) is 0. The quantitative estimate of drug-likeness (QED) is 0.0261. The van der Waals surface area contributed by atoms with Crippen LogP contribution in [0.15, 0.2) is 85.1 Å². The number of esters is 3. The fourth-order valence-corrected chi connectivity index (χ4v) is 10.1. The van der Waals surface area contributed by atoms with Gasteiger partial charge in [0.05, 0.1) is 0 Å². The molecule has 0 rings (SSSR count). The number of carbonyl (C=O) groups excluding carboxylic acids is 3.